The summed E-state index contributed by atoms with van der Waals surface area (Å²) in [6, 6.07) is 37.1. The van der Waals surface area contributed by atoms with Gasteiger partial charge in [-0.25, -0.2) is 29.6 Å². The van der Waals surface area contributed by atoms with Gasteiger partial charge in [-0.3, -0.25) is 39.3 Å². The van der Waals surface area contributed by atoms with E-state index in [-0.39, 0.29) is 112 Å². The van der Waals surface area contributed by atoms with Gasteiger partial charge in [0.2, 0.25) is 23.6 Å². The van der Waals surface area contributed by atoms with Gasteiger partial charge in [-0.1, -0.05) is 34.6 Å². The first kappa shape index (κ1) is 85.2. The van der Waals surface area contributed by atoms with Gasteiger partial charge in [-0.2, -0.15) is 14.8 Å². The van der Waals surface area contributed by atoms with Crippen LogP contribution in [0.4, 0.5) is 72.9 Å². The molecule has 0 saturated heterocycles. The monoisotopic (exact) mass is 1860 g/mol. The highest BCUT2D eigenvalue weighted by atomic mass is 19.3. The van der Waals surface area contributed by atoms with Crippen molar-refractivity contribution in [2.75, 3.05) is 10.6 Å². The second kappa shape index (κ2) is 32.6. The molecule has 15 aromatic rings. The summed E-state index contributed by atoms with van der Waals surface area (Å²) in [5.74, 6) is 1.02. The van der Waals surface area contributed by atoms with Gasteiger partial charge < -0.3 is 82.3 Å². The molecule has 1 saturated carbocycles. The van der Waals surface area contributed by atoms with Crippen molar-refractivity contribution in [3.63, 3.8) is 0 Å². The number of nitrogens with zero attached hydrogens (tertiary/aromatic N) is 18. The van der Waals surface area contributed by atoms with Gasteiger partial charge in [-0.05, 0) is 144 Å². The molecule has 42 nitrogen and oxygen atoms in total. The Morgan fingerprint density at radius 3 is 1.30 bits per heavy atom. The quantitative estimate of drug-likeness (QED) is 0.0591. The maximum atomic E-state index is 13.2. The van der Waals surface area contributed by atoms with Crippen LogP contribution in [0.1, 0.15) is 111 Å². The Kier molecular flexibility index (Phi) is 20.6. The van der Waals surface area contributed by atoms with Gasteiger partial charge in [0.05, 0.1) is 50.5 Å². The van der Waals surface area contributed by atoms with E-state index in [1.54, 1.807) is 104 Å². The highest BCUT2D eigenvalue weighted by Crippen LogP contribution is 2.51. The molecular formula is C83H55F10N25O17. The fourth-order valence-electron chi connectivity index (χ4n) is 14.2. The minimum atomic E-state index is -3.71. The largest absolute Gasteiger partial charge is 0.586 e. The van der Waals surface area contributed by atoms with E-state index >= 15 is 0 Å². The molecule has 0 spiro atoms. The average Bonchev–Trinajstić information content (AvgIpc) is 1.64. The number of carbonyl (C=O) groups is 5. The van der Waals surface area contributed by atoms with E-state index in [1.165, 1.54) is 82.4 Å². The number of H-pyrrole nitrogens is 2. The molecule has 5 amide bonds. The third kappa shape index (κ3) is 18.2. The predicted molar refractivity (Wildman–Crippen MR) is 437 cm³/mol. The molecule has 15 heterocycles. The van der Waals surface area contributed by atoms with E-state index in [1.807, 2.05) is 6.92 Å². The summed E-state index contributed by atoms with van der Waals surface area (Å²) in [5, 5.41) is 47.1. The number of hydrogen-bond donors (Lipinski definition) is 7. The van der Waals surface area contributed by atoms with Gasteiger partial charge in [0.15, 0.2) is 74.7 Å². The Morgan fingerprint density at radius 2 is 0.859 bits per heavy atom. The lowest BCUT2D eigenvalue weighted by molar-refractivity contribution is -0.287. The van der Waals surface area contributed by atoms with E-state index in [0.29, 0.717) is 136 Å². The number of benzene rings is 8. The summed E-state index contributed by atoms with van der Waals surface area (Å²) in [6.45, 7) is 5.24. The Hall–Kier alpha value is -17.9. The van der Waals surface area contributed by atoms with E-state index in [2.05, 4.69) is 160 Å². The molecule has 8 aliphatic heterocycles. The third-order valence-electron chi connectivity index (χ3n) is 20.6. The zero-order chi connectivity index (χ0) is 93.9. The number of hydrogen-bond acceptors (Lipinski definition) is 32. The molecule has 0 bridgehead atoms. The average molecular weight is 1860 g/mol. The number of nitrogens with one attached hydrogen (secondary N) is 7. The minimum Gasteiger partial charge on any atom is -0.395 e. The molecule has 8 aromatic carbocycles. The maximum Gasteiger partial charge on any atom is 0.586 e. The first-order chi connectivity index (χ1) is 64.5. The van der Waals surface area contributed by atoms with Crippen LogP contribution in [-0.2, 0) is 26.3 Å². The third-order valence-corrected chi connectivity index (χ3v) is 20.6. The molecule has 1 aliphatic carbocycles. The van der Waals surface area contributed by atoms with Crippen LogP contribution in [0.3, 0.4) is 0 Å². The fourth-order valence-corrected chi connectivity index (χ4v) is 14.2. The molecule has 0 atom stereocenters. The summed E-state index contributed by atoms with van der Waals surface area (Å²) in [6.07, 6.45) is -14.1. The highest BCUT2D eigenvalue weighted by molar-refractivity contribution is 6.11. The number of carbonyl (C=O) groups excluding carboxylic acids is 5. The summed E-state index contributed by atoms with van der Waals surface area (Å²) in [5.41, 5.74) is 9.06. The molecule has 1 fully saturated rings. The van der Waals surface area contributed by atoms with Crippen molar-refractivity contribution in [1.29, 1.82) is 0 Å². The number of amidine groups is 3. The van der Waals surface area contributed by atoms with Gasteiger partial charge in [-0.15, -0.1) is 54.1 Å². The van der Waals surface area contributed by atoms with E-state index in [0.717, 1.165) is 18.5 Å². The van der Waals surface area contributed by atoms with Crippen molar-refractivity contribution in [3.05, 3.63) is 220 Å². The summed E-state index contributed by atoms with van der Waals surface area (Å²) in [7, 11) is 1.73. The number of tetrazole rings is 2. The first-order valence-corrected chi connectivity index (χ1v) is 39.7. The molecule has 7 aromatic heterocycles. The zero-order valence-electron chi connectivity index (χ0n) is 68.8. The van der Waals surface area contributed by atoms with Crippen LogP contribution in [0.2, 0.25) is 0 Å². The van der Waals surface area contributed by atoms with Gasteiger partial charge in [0.25, 0.3) is 29.5 Å². The minimum absolute atomic E-state index is 0.0522. The lowest BCUT2D eigenvalue weighted by atomic mass is 10.1. The topological polar surface area (TPSA) is 502 Å². The van der Waals surface area contributed by atoms with Crippen molar-refractivity contribution in [2.45, 2.75) is 90.3 Å². The van der Waals surface area contributed by atoms with Crippen molar-refractivity contribution in [1.82, 2.24) is 101 Å². The number of halogens is 10. The molecule has 52 heteroatoms. The number of aliphatic imine (C=N–C) groups is 3. The number of fused-ring (bicyclic) bond motifs is 10. The number of ether oxygens (including phenoxy) is 10. The van der Waals surface area contributed by atoms with Gasteiger partial charge in [0, 0.05) is 109 Å². The number of rotatable bonds is 11. The molecular weight excluding hydrogens is 1810 g/mol. The second-order valence-electron chi connectivity index (χ2n) is 30.3. The number of aromatic amines is 2. The van der Waals surface area contributed by atoms with Crippen molar-refractivity contribution in [2.24, 2.45) is 22.0 Å². The van der Waals surface area contributed by atoms with Crippen LogP contribution in [0.15, 0.2) is 176 Å². The lowest BCUT2D eigenvalue weighted by Crippen LogP contribution is -2.30. The van der Waals surface area contributed by atoms with Gasteiger partial charge >= 0.3 is 31.5 Å². The first-order valence-electron chi connectivity index (χ1n) is 39.7. The SMILES string of the molecule is Cc1cc(C(=O)NC2=Nc3cc4c(cc3C2)OC(F)(F)O4)no1.Cc1cc(C(=O)Nc2nc3cc4c(cc3[nH]2)OC(F)(F)O4)nn1C.Cc1nnnn1-c1cccc(C(=O)NC2=Nc3cc4c(cc3C2)OC(F)(F)O4)c1.O=C(NC1=Nc2cc3c(cc2C1)OC(F)(F)O3)c1cccc(-n2cnnn2)c1.O=C(Nc1nc2cc3c(cc2[nH]1)OC(F)(F)O3)c1cccc(-c2noc(C3CC3)n2)c1. The molecule has 135 heavy (non-hydrogen) atoms. The van der Waals surface area contributed by atoms with E-state index in [9.17, 15) is 67.9 Å². The van der Waals surface area contributed by atoms with Crippen LogP contribution in [0.25, 0.3) is 44.8 Å². The Balaban J connectivity index is 0.000000105. The fraction of sp³-hybridized carbons (Fsp3) is 0.181. The van der Waals surface area contributed by atoms with Crippen LogP contribution < -0.4 is 74.0 Å². The normalized spacial score (nSPS) is 16.0. The highest BCUT2D eigenvalue weighted by Gasteiger charge is 2.49. The molecule has 0 radical (unpaired) electrons. The second-order valence-corrected chi connectivity index (χ2v) is 30.3. The number of alkyl halides is 10. The maximum absolute atomic E-state index is 13.2. The Labute approximate surface area is 743 Å². The van der Waals surface area contributed by atoms with Crippen molar-refractivity contribution in [3.8, 4) is 80.3 Å². The number of imidazole rings is 2. The van der Waals surface area contributed by atoms with Crippen LogP contribution in [0, 0.1) is 20.8 Å². The number of aryl methyl sites for hydroxylation is 4. The van der Waals surface area contributed by atoms with Crippen LogP contribution in [-0.4, -0.2) is 164 Å². The van der Waals surface area contributed by atoms with Crippen LogP contribution >= 0.6 is 0 Å². The molecule has 0 unspecified atom stereocenters. The molecule has 7 N–H and O–H groups in total. The summed E-state index contributed by atoms with van der Waals surface area (Å²) >= 11 is 0. The van der Waals surface area contributed by atoms with Gasteiger partial charge in [0.1, 0.15) is 29.6 Å². The Morgan fingerprint density at radius 1 is 0.430 bits per heavy atom. The smallest absolute Gasteiger partial charge is 0.395 e. The lowest BCUT2D eigenvalue weighted by Gasteiger charge is -2.07. The molecule has 9 aliphatic rings. The standard InChI is InChI=1S/C20H13F2N5O4.C18H12F2N6O3.C17H10F2N6O3.C14H11F2N5O3.C14H9F2N3O4/c21-20(22)29-14-7-12-13(8-15(14)30-20)24-19(23-12)26-17(28)11-3-1-2-10(6-11)16-25-18(31-27-16)9-4-5-9;1-9-23-24-25-26(9)12-4-2-3-10(5-12)17(27)22-16-7-11-6-14-15(8-13(11)21-16)29-18(19,20)28-14;18-17(19)27-13-5-10-6-15(21-12(10)7-14(13)28-17)22-16(26)9-2-1-3-11(4-9)25-8-20-23-24-25;1-6-3-9(20-21(6)2)12(22)19-13-17-7-4-10-11(5-8(7)18-13)24-14(15,16)23-10;1-6-2-9(19-23-6)13(20)18-12-4-7-3-10-11(5-8(7)17-12)22-14(15,16)21-10/h1-3,6-9H,4-5H2,(H2,23,24,26,28);2-6,8H,7H2,1H3,(H,21,22,27);1-5,7-8H,6H2,(H,21,22,26);3-5H,1-2H3,(H2,17,18,19,22);2-3,5H,4H2,1H3,(H,17,18,20). The Bertz CT molecular complexity index is 7400. The predicted octanol–water partition coefficient (Wildman–Crippen LogP) is 12.9. The number of aromatic nitrogens is 17. The van der Waals surface area contributed by atoms with E-state index in [4.69, 9.17) is 9.05 Å². The van der Waals surface area contributed by atoms with E-state index < -0.39 is 49.2 Å². The summed E-state index contributed by atoms with van der Waals surface area (Å²) in [4.78, 5) is 93.2. The zero-order valence-corrected chi connectivity index (χ0v) is 68.8. The van der Waals surface area contributed by atoms with Crippen molar-refractivity contribution >= 4 is 98.1 Å². The van der Waals surface area contributed by atoms with Crippen LogP contribution in [0.5, 0.6) is 57.5 Å². The molecule has 684 valence electrons. The number of amides is 5. The number of anilines is 2. The molecule has 24 rings (SSSR count). The van der Waals surface area contributed by atoms with Crippen molar-refractivity contribution < 1.29 is 124 Å². The summed E-state index contributed by atoms with van der Waals surface area (Å²) < 4.78 is 190.